The highest BCUT2D eigenvalue weighted by Crippen LogP contribution is 2.25. The maximum Gasteiger partial charge on any atom is 0.287 e. The standard InChI is InChI=1S/C12H17ClN2OS/c1-5-6-7-17-9-8-14-15(12(2,3)4)11(16)10(9)13/h6-8H,5H2,1-4H3. The van der Waals surface area contributed by atoms with E-state index in [0.717, 1.165) is 6.42 Å². The molecular formula is C12H17ClN2OS. The van der Waals surface area contributed by atoms with E-state index in [-0.39, 0.29) is 16.1 Å². The van der Waals surface area contributed by atoms with Gasteiger partial charge in [-0.2, -0.15) is 5.10 Å². The van der Waals surface area contributed by atoms with Crippen molar-refractivity contribution in [2.45, 2.75) is 44.6 Å². The lowest BCUT2D eigenvalue weighted by Gasteiger charge is -2.20. The molecule has 0 N–H and O–H groups in total. The number of aromatic nitrogens is 2. The molecule has 0 spiro atoms. The molecule has 17 heavy (non-hydrogen) atoms. The highest BCUT2D eigenvalue weighted by molar-refractivity contribution is 8.02. The van der Waals surface area contributed by atoms with Gasteiger partial charge in [-0.3, -0.25) is 4.79 Å². The molecule has 0 unspecified atom stereocenters. The second-order valence-corrected chi connectivity index (χ2v) is 5.93. The Kier molecular flexibility index (Phi) is 4.83. The fourth-order valence-corrected chi connectivity index (χ4v) is 2.19. The fourth-order valence-electron chi connectivity index (χ4n) is 1.20. The number of halogens is 1. The molecule has 0 aromatic carbocycles. The topological polar surface area (TPSA) is 34.9 Å². The van der Waals surface area contributed by atoms with E-state index in [2.05, 4.69) is 12.0 Å². The first kappa shape index (κ1) is 14.3. The lowest BCUT2D eigenvalue weighted by Crippen LogP contribution is -2.36. The molecule has 1 aromatic heterocycles. The van der Waals surface area contributed by atoms with Crippen LogP contribution in [-0.2, 0) is 5.54 Å². The van der Waals surface area contributed by atoms with Gasteiger partial charge in [0, 0.05) is 0 Å². The summed E-state index contributed by atoms with van der Waals surface area (Å²) in [5.41, 5.74) is -0.600. The lowest BCUT2D eigenvalue weighted by atomic mass is 10.1. The van der Waals surface area contributed by atoms with Crippen molar-refractivity contribution in [3.63, 3.8) is 0 Å². The van der Waals surface area contributed by atoms with Crippen LogP contribution in [0, 0.1) is 0 Å². The van der Waals surface area contributed by atoms with Crippen molar-refractivity contribution in [3.05, 3.63) is 33.1 Å². The van der Waals surface area contributed by atoms with Gasteiger partial charge in [-0.05, 0) is 32.6 Å². The maximum absolute atomic E-state index is 12.0. The van der Waals surface area contributed by atoms with Crippen LogP contribution in [0.1, 0.15) is 34.1 Å². The third-order valence-electron chi connectivity index (χ3n) is 2.05. The van der Waals surface area contributed by atoms with Gasteiger partial charge in [-0.25, -0.2) is 4.68 Å². The molecule has 1 rings (SSSR count). The van der Waals surface area contributed by atoms with Crippen molar-refractivity contribution in [2.24, 2.45) is 0 Å². The molecule has 0 saturated carbocycles. The summed E-state index contributed by atoms with van der Waals surface area (Å²) in [6.45, 7) is 7.80. The van der Waals surface area contributed by atoms with Gasteiger partial charge in [0.25, 0.3) is 5.56 Å². The summed E-state index contributed by atoms with van der Waals surface area (Å²) in [6, 6.07) is 0. The van der Waals surface area contributed by atoms with Crippen LogP contribution in [0.15, 0.2) is 27.4 Å². The minimum Gasteiger partial charge on any atom is -0.266 e. The average Bonchev–Trinajstić information content (AvgIpc) is 2.23. The zero-order valence-corrected chi connectivity index (χ0v) is 12.1. The van der Waals surface area contributed by atoms with E-state index in [1.54, 1.807) is 6.20 Å². The molecule has 3 nitrogen and oxygen atoms in total. The smallest absolute Gasteiger partial charge is 0.266 e. The second-order valence-electron chi connectivity index (χ2n) is 4.61. The van der Waals surface area contributed by atoms with Crippen molar-refractivity contribution >= 4 is 23.4 Å². The van der Waals surface area contributed by atoms with E-state index in [0.29, 0.717) is 4.90 Å². The van der Waals surface area contributed by atoms with Gasteiger partial charge in [-0.15, -0.1) is 0 Å². The minimum atomic E-state index is -0.358. The molecule has 0 aliphatic carbocycles. The molecule has 0 aliphatic heterocycles. The van der Waals surface area contributed by atoms with Crippen LogP contribution in [0.25, 0.3) is 0 Å². The molecule has 0 bridgehead atoms. The Morgan fingerprint density at radius 1 is 1.53 bits per heavy atom. The predicted molar refractivity (Wildman–Crippen MR) is 73.8 cm³/mol. The average molecular weight is 273 g/mol. The summed E-state index contributed by atoms with van der Waals surface area (Å²) in [7, 11) is 0. The van der Waals surface area contributed by atoms with Gasteiger partial charge in [0.15, 0.2) is 0 Å². The van der Waals surface area contributed by atoms with Crippen LogP contribution in [0.4, 0.5) is 0 Å². The van der Waals surface area contributed by atoms with E-state index in [4.69, 9.17) is 11.6 Å². The fraction of sp³-hybridized carbons (Fsp3) is 0.500. The number of hydrogen-bond donors (Lipinski definition) is 0. The number of hydrogen-bond acceptors (Lipinski definition) is 3. The molecule has 94 valence electrons. The number of thioether (sulfide) groups is 1. The van der Waals surface area contributed by atoms with Gasteiger partial charge in [0.2, 0.25) is 0 Å². The molecule has 0 amide bonds. The Morgan fingerprint density at radius 2 is 2.18 bits per heavy atom. The van der Waals surface area contributed by atoms with Crippen molar-refractivity contribution in [3.8, 4) is 0 Å². The first-order valence-electron chi connectivity index (χ1n) is 5.48. The van der Waals surface area contributed by atoms with Crippen molar-refractivity contribution < 1.29 is 0 Å². The highest BCUT2D eigenvalue weighted by atomic mass is 35.5. The molecule has 0 radical (unpaired) electrons. The SMILES string of the molecule is CCC=CSc1cnn(C(C)(C)C)c(=O)c1Cl. The molecular weight excluding hydrogens is 256 g/mol. The number of nitrogens with zero attached hydrogens (tertiary/aromatic N) is 2. The second kappa shape index (κ2) is 5.74. The Labute approximate surface area is 111 Å². The van der Waals surface area contributed by atoms with E-state index in [9.17, 15) is 4.79 Å². The quantitative estimate of drug-likeness (QED) is 0.788. The zero-order valence-electron chi connectivity index (χ0n) is 10.5. The Hall–Kier alpha value is -0.740. The third-order valence-corrected chi connectivity index (χ3v) is 3.42. The minimum absolute atomic E-state index is 0.237. The summed E-state index contributed by atoms with van der Waals surface area (Å²) < 4.78 is 1.41. The van der Waals surface area contributed by atoms with Crippen LogP contribution in [0.2, 0.25) is 5.02 Å². The first-order valence-corrected chi connectivity index (χ1v) is 6.73. The van der Waals surface area contributed by atoms with Gasteiger partial charge in [0.1, 0.15) is 5.02 Å². The highest BCUT2D eigenvalue weighted by Gasteiger charge is 2.19. The molecule has 0 fully saturated rings. The van der Waals surface area contributed by atoms with E-state index < -0.39 is 0 Å². The van der Waals surface area contributed by atoms with Gasteiger partial charge in [0.05, 0.1) is 16.6 Å². The largest absolute Gasteiger partial charge is 0.287 e. The summed E-state index contributed by atoms with van der Waals surface area (Å²) in [4.78, 5) is 12.7. The third kappa shape index (κ3) is 3.61. The van der Waals surface area contributed by atoms with Crippen LogP contribution < -0.4 is 5.56 Å². The Balaban J connectivity index is 3.12. The molecule has 1 heterocycles. The monoisotopic (exact) mass is 272 g/mol. The Morgan fingerprint density at radius 3 is 2.71 bits per heavy atom. The van der Waals surface area contributed by atoms with Crippen LogP contribution in [0.5, 0.6) is 0 Å². The lowest BCUT2D eigenvalue weighted by molar-refractivity contribution is 0.336. The Bertz CT molecular complexity index is 474. The zero-order chi connectivity index (χ0) is 13.1. The summed E-state index contributed by atoms with van der Waals surface area (Å²) in [5, 5.41) is 6.31. The van der Waals surface area contributed by atoms with Crippen LogP contribution in [-0.4, -0.2) is 9.78 Å². The molecule has 0 atom stereocenters. The molecule has 5 heteroatoms. The molecule has 0 aliphatic rings. The summed E-state index contributed by atoms with van der Waals surface area (Å²) in [6.07, 6.45) is 4.60. The van der Waals surface area contributed by atoms with Crippen molar-refractivity contribution in [1.29, 1.82) is 0 Å². The first-order chi connectivity index (χ1) is 7.88. The number of rotatable bonds is 3. The van der Waals surface area contributed by atoms with Gasteiger partial charge < -0.3 is 0 Å². The van der Waals surface area contributed by atoms with Gasteiger partial charge >= 0.3 is 0 Å². The maximum atomic E-state index is 12.0. The van der Waals surface area contributed by atoms with E-state index in [1.807, 2.05) is 32.3 Å². The number of allylic oxidation sites excluding steroid dienone is 1. The molecule has 1 aromatic rings. The predicted octanol–water partition coefficient (Wildman–Crippen LogP) is 3.67. The van der Waals surface area contributed by atoms with Crippen molar-refractivity contribution in [1.82, 2.24) is 9.78 Å². The van der Waals surface area contributed by atoms with Crippen LogP contribution in [0.3, 0.4) is 0 Å². The van der Waals surface area contributed by atoms with E-state index >= 15 is 0 Å². The van der Waals surface area contributed by atoms with Crippen molar-refractivity contribution in [2.75, 3.05) is 0 Å². The summed E-state index contributed by atoms with van der Waals surface area (Å²) in [5.74, 6) is 0. The van der Waals surface area contributed by atoms with Crippen LogP contribution >= 0.6 is 23.4 Å². The summed E-state index contributed by atoms with van der Waals surface area (Å²) >= 11 is 7.47. The molecule has 0 saturated heterocycles. The van der Waals surface area contributed by atoms with E-state index in [1.165, 1.54) is 16.4 Å². The van der Waals surface area contributed by atoms with Gasteiger partial charge in [-0.1, -0.05) is 36.4 Å². The normalized spacial score (nSPS) is 12.3.